The van der Waals surface area contributed by atoms with Gasteiger partial charge in [-0.25, -0.2) is 0 Å². The molecule has 0 spiro atoms. The number of rotatable bonds is 6. The predicted octanol–water partition coefficient (Wildman–Crippen LogP) is 4.52. The molecule has 0 aliphatic carbocycles. The van der Waals surface area contributed by atoms with E-state index >= 15 is 0 Å². The average Bonchev–Trinajstić information content (AvgIpc) is 2.46. The van der Waals surface area contributed by atoms with Gasteiger partial charge >= 0.3 is 0 Å². The minimum Gasteiger partial charge on any atom is -0.314 e. The molecular weight excluding hydrogens is 291 g/mol. The van der Waals surface area contributed by atoms with E-state index in [9.17, 15) is 0 Å². The quantitative estimate of drug-likeness (QED) is 0.777. The summed E-state index contributed by atoms with van der Waals surface area (Å²) in [4.78, 5) is 2.56. The standard InChI is InChI=1S/C16H24Cl2N2/c1-2-3-4-5-16(20-10-8-19-9-11-20)14-7-6-13(17)12-15(14)18/h6-7,12,16,19H,2-5,8-11H2,1H3/t16-/m1/s1. The Labute approximate surface area is 132 Å². The van der Waals surface area contributed by atoms with Gasteiger partial charge in [0.2, 0.25) is 0 Å². The van der Waals surface area contributed by atoms with Gasteiger partial charge in [0.1, 0.15) is 0 Å². The first-order chi connectivity index (χ1) is 9.72. The number of nitrogens with zero attached hydrogens (tertiary/aromatic N) is 1. The SMILES string of the molecule is CCCCC[C@H](c1ccc(Cl)cc1Cl)N1CCNCC1. The fourth-order valence-corrected chi connectivity index (χ4v) is 3.42. The van der Waals surface area contributed by atoms with Crippen LogP contribution in [0.25, 0.3) is 0 Å². The number of benzene rings is 1. The Hall–Kier alpha value is -0.280. The second kappa shape index (κ2) is 8.23. The van der Waals surface area contributed by atoms with Crippen LogP contribution >= 0.6 is 23.2 Å². The lowest BCUT2D eigenvalue weighted by atomic mass is 9.98. The minimum absolute atomic E-state index is 0.424. The van der Waals surface area contributed by atoms with Crippen molar-refractivity contribution < 1.29 is 0 Å². The Balaban J connectivity index is 2.15. The highest BCUT2D eigenvalue weighted by atomic mass is 35.5. The Morgan fingerprint density at radius 2 is 1.95 bits per heavy atom. The van der Waals surface area contributed by atoms with E-state index in [4.69, 9.17) is 23.2 Å². The van der Waals surface area contributed by atoms with Crippen molar-refractivity contribution in [2.24, 2.45) is 0 Å². The summed E-state index contributed by atoms with van der Waals surface area (Å²) in [5, 5.41) is 4.93. The smallest absolute Gasteiger partial charge is 0.0468 e. The van der Waals surface area contributed by atoms with Gasteiger partial charge in [0.05, 0.1) is 0 Å². The Morgan fingerprint density at radius 1 is 1.20 bits per heavy atom. The van der Waals surface area contributed by atoms with Crippen LogP contribution < -0.4 is 5.32 Å². The van der Waals surface area contributed by atoms with Crippen LogP contribution in [0, 0.1) is 0 Å². The van der Waals surface area contributed by atoms with Crippen LogP contribution in [0.2, 0.25) is 10.0 Å². The summed E-state index contributed by atoms with van der Waals surface area (Å²) in [5.41, 5.74) is 1.23. The third-order valence-corrected chi connectivity index (χ3v) is 4.56. The van der Waals surface area contributed by atoms with Crippen molar-refractivity contribution in [1.29, 1.82) is 0 Å². The summed E-state index contributed by atoms with van der Waals surface area (Å²) in [6.45, 7) is 6.56. The van der Waals surface area contributed by atoms with Gasteiger partial charge in [-0.1, -0.05) is 55.5 Å². The van der Waals surface area contributed by atoms with Crippen molar-refractivity contribution in [3.05, 3.63) is 33.8 Å². The van der Waals surface area contributed by atoms with E-state index in [2.05, 4.69) is 23.2 Å². The van der Waals surface area contributed by atoms with E-state index < -0.39 is 0 Å². The molecule has 0 aromatic heterocycles. The first-order valence-corrected chi connectivity index (χ1v) is 8.37. The molecule has 1 aliphatic heterocycles. The highest BCUT2D eigenvalue weighted by Gasteiger charge is 2.23. The van der Waals surface area contributed by atoms with Crippen molar-refractivity contribution in [1.82, 2.24) is 10.2 Å². The molecular formula is C16H24Cl2N2. The number of piperazine rings is 1. The first kappa shape index (κ1) is 16.1. The van der Waals surface area contributed by atoms with E-state index in [0.29, 0.717) is 11.1 Å². The highest BCUT2D eigenvalue weighted by molar-refractivity contribution is 6.35. The van der Waals surface area contributed by atoms with Crippen molar-refractivity contribution in [2.45, 2.75) is 38.6 Å². The van der Waals surface area contributed by atoms with Crippen LogP contribution in [-0.2, 0) is 0 Å². The van der Waals surface area contributed by atoms with Gasteiger partial charge in [-0.3, -0.25) is 4.90 Å². The summed E-state index contributed by atoms with van der Waals surface area (Å²) in [6.07, 6.45) is 4.97. The van der Waals surface area contributed by atoms with Crippen molar-refractivity contribution in [3.8, 4) is 0 Å². The second-order valence-electron chi connectivity index (χ2n) is 5.46. The molecule has 2 nitrogen and oxygen atoms in total. The molecule has 1 heterocycles. The molecule has 2 rings (SSSR count). The molecule has 1 saturated heterocycles. The maximum atomic E-state index is 6.43. The molecule has 20 heavy (non-hydrogen) atoms. The largest absolute Gasteiger partial charge is 0.314 e. The van der Waals surface area contributed by atoms with Crippen LogP contribution in [0.3, 0.4) is 0 Å². The van der Waals surface area contributed by atoms with E-state index in [1.54, 1.807) is 0 Å². The van der Waals surface area contributed by atoms with Crippen LogP contribution in [0.4, 0.5) is 0 Å². The molecule has 112 valence electrons. The molecule has 1 N–H and O–H groups in total. The van der Waals surface area contributed by atoms with Gasteiger partial charge in [-0.15, -0.1) is 0 Å². The Kier molecular flexibility index (Phi) is 6.63. The number of hydrogen-bond acceptors (Lipinski definition) is 2. The minimum atomic E-state index is 0.424. The van der Waals surface area contributed by atoms with Gasteiger partial charge < -0.3 is 5.32 Å². The van der Waals surface area contributed by atoms with Gasteiger partial charge in [-0.05, 0) is 24.1 Å². The van der Waals surface area contributed by atoms with Crippen molar-refractivity contribution in [2.75, 3.05) is 26.2 Å². The first-order valence-electron chi connectivity index (χ1n) is 7.62. The maximum absolute atomic E-state index is 6.43. The zero-order valence-corrected chi connectivity index (χ0v) is 13.7. The van der Waals surface area contributed by atoms with E-state index in [-0.39, 0.29) is 0 Å². The summed E-state index contributed by atoms with van der Waals surface area (Å²) in [7, 11) is 0. The molecule has 1 aromatic carbocycles. The van der Waals surface area contributed by atoms with E-state index in [1.807, 2.05) is 12.1 Å². The van der Waals surface area contributed by atoms with Gasteiger partial charge in [0, 0.05) is 42.3 Å². The molecule has 1 aromatic rings. The normalized spacial score (nSPS) is 18.1. The molecule has 1 atom stereocenters. The third-order valence-electron chi connectivity index (χ3n) is 3.99. The van der Waals surface area contributed by atoms with Gasteiger partial charge in [0.25, 0.3) is 0 Å². The van der Waals surface area contributed by atoms with Crippen molar-refractivity contribution in [3.63, 3.8) is 0 Å². The number of halogens is 2. The number of nitrogens with one attached hydrogen (secondary N) is 1. The molecule has 4 heteroatoms. The summed E-state index contributed by atoms with van der Waals surface area (Å²) in [5.74, 6) is 0. The average molecular weight is 315 g/mol. The predicted molar refractivity (Wildman–Crippen MR) is 87.8 cm³/mol. The molecule has 1 aliphatic rings. The van der Waals surface area contributed by atoms with E-state index in [1.165, 1.54) is 31.2 Å². The van der Waals surface area contributed by atoms with Gasteiger partial charge in [-0.2, -0.15) is 0 Å². The number of unbranched alkanes of at least 4 members (excludes halogenated alkanes) is 2. The van der Waals surface area contributed by atoms with Crippen molar-refractivity contribution >= 4 is 23.2 Å². The second-order valence-corrected chi connectivity index (χ2v) is 6.31. The molecule has 0 saturated carbocycles. The molecule has 1 fully saturated rings. The van der Waals surface area contributed by atoms with Crippen LogP contribution in [-0.4, -0.2) is 31.1 Å². The number of hydrogen-bond donors (Lipinski definition) is 1. The topological polar surface area (TPSA) is 15.3 Å². The zero-order valence-electron chi connectivity index (χ0n) is 12.2. The molecule has 0 amide bonds. The summed E-state index contributed by atoms with van der Waals surface area (Å²) in [6, 6.07) is 6.35. The lowest BCUT2D eigenvalue weighted by Gasteiger charge is -2.35. The summed E-state index contributed by atoms with van der Waals surface area (Å²) >= 11 is 12.5. The lowest BCUT2D eigenvalue weighted by Crippen LogP contribution is -2.45. The molecule has 0 bridgehead atoms. The highest BCUT2D eigenvalue weighted by Crippen LogP contribution is 2.33. The zero-order chi connectivity index (χ0) is 14.4. The van der Waals surface area contributed by atoms with Gasteiger partial charge in [0.15, 0.2) is 0 Å². The molecule has 0 radical (unpaired) electrons. The Bertz CT molecular complexity index is 417. The fraction of sp³-hybridized carbons (Fsp3) is 0.625. The van der Waals surface area contributed by atoms with Crippen LogP contribution in [0.1, 0.15) is 44.2 Å². The third kappa shape index (κ3) is 4.36. The molecule has 0 unspecified atom stereocenters. The fourth-order valence-electron chi connectivity index (χ4n) is 2.89. The monoisotopic (exact) mass is 314 g/mol. The van der Waals surface area contributed by atoms with E-state index in [0.717, 1.165) is 31.2 Å². The van der Waals surface area contributed by atoms with Crippen LogP contribution in [0.15, 0.2) is 18.2 Å². The Morgan fingerprint density at radius 3 is 2.60 bits per heavy atom. The maximum Gasteiger partial charge on any atom is 0.0468 e. The van der Waals surface area contributed by atoms with Crippen LogP contribution in [0.5, 0.6) is 0 Å². The lowest BCUT2D eigenvalue weighted by molar-refractivity contribution is 0.163. The summed E-state index contributed by atoms with van der Waals surface area (Å²) < 4.78 is 0.